The Morgan fingerprint density at radius 1 is 1.09 bits per heavy atom. The lowest BCUT2D eigenvalue weighted by Gasteiger charge is -2.41. The number of halogens is 2. The van der Waals surface area contributed by atoms with E-state index in [1.807, 2.05) is 0 Å². The molecule has 0 spiro atoms. The van der Waals surface area contributed by atoms with Crippen molar-refractivity contribution in [3.05, 3.63) is 57.7 Å². The zero-order valence-electron chi connectivity index (χ0n) is 16.7. The average molecular weight is 476 g/mol. The van der Waals surface area contributed by atoms with E-state index >= 15 is 0 Å². The first-order valence-electron chi connectivity index (χ1n) is 9.92. The number of rotatable bonds is 2. The number of carbonyl (C=O) groups excluding carboxylic acids is 1. The number of nitrogens with two attached hydrogens (primary N) is 1. The van der Waals surface area contributed by atoms with Crippen molar-refractivity contribution < 1.29 is 24.9 Å². The summed E-state index contributed by atoms with van der Waals surface area (Å²) in [7, 11) is 0. The van der Waals surface area contributed by atoms with Crippen LogP contribution < -0.4 is 5.73 Å². The van der Waals surface area contributed by atoms with E-state index in [1.54, 1.807) is 31.2 Å². The van der Waals surface area contributed by atoms with Gasteiger partial charge in [-0.3, -0.25) is 4.79 Å². The molecule has 32 heavy (non-hydrogen) atoms. The Balaban J connectivity index is 1.76. The number of hydrogen-bond donors (Lipinski definition) is 4. The number of aliphatic hydroxyl groups is 2. The third-order valence-electron chi connectivity index (χ3n) is 6.00. The predicted molar refractivity (Wildman–Crippen MR) is 120 cm³/mol. The number of ether oxygens (including phenoxy) is 1. The first kappa shape index (κ1) is 21.4. The van der Waals surface area contributed by atoms with Gasteiger partial charge in [-0.15, -0.1) is 0 Å². The molecule has 5 rings (SSSR count). The van der Waals surface area contributed by atoms with Gasteiger partial charge < -0.3 is 30.4 Å². The lowest BCUT2D eigenvalue weighted by molar-refractivity contribution is -0.200. The Labute approximate surface area is 192 Å². The highest BCUT2D eigenvalue weighted by atomic mass is 35.5. The number of carbonyl (C=O) groups is 1. The zero-order chi connectivity index (χ0) is 22.9. The summed E-state index contributed by atoms with van der Waals surface area (Å²) in [6.45, 7) is 1.67. The summed E-state index contributed by atoms with van der Waals surface area (Å²) in [5.41, 5.74) is 7.08. The quantitative estimate of drug-likeness (QED) is 0.450. The summed E-state index contributed by atoms with van der Waals surface area (Å²) in [6.07, 6.45) is -4.49. The molecule has 2 aliphatic rings. The van der Waals surface area contributed by atoms with E-state index in [2.05, 4.69) is 4.99 Å². The number of hydrogen-bond acceptors (Lipinski definition) is 7. The van der Waals surface area contributed by atoms with Crippen molar-refractivity contribution in [2.75, 3.05) is 0 Å². The van der Waals surface area contributed by atoms with E-state index < -0.39 is 36.4 Å². The first-order chi connectivity index (χ1) is 15.2. The summed E-state index contributed by atoms with van der Waals surface area (Å²) in [5.74, 6) is -0.690. The Kier molecular flexibility index (Phi) is 5.05. The second-order valence-corrected chi connectivity index (χ2v) is 8.84. The third kappa shape index (κ3) is 3.07. The lowest BCUT2D eigenvalue weighted by atomic mass is 9.96. The van der Waals surface area contributed by atoms with Crippen LogP contribution in [0.4, 0.5) is 5.69 Å². The molecule has 0 bridgehead atoms. The number of aliphatic imine (C=N–C) groups is 1. The summed E-state index contributed by atoms with van der Waals surface area (Å²) in [4.78, 5) is 17.7. The minimum absolute atomic E-state index is 0.0403. The van der Waals surface area contributed by atoms with Gasteiger partial charge in [0.25, 0.3) is 0 Å². The van der Waals surface area contributed by atoms with Crippen LogP contribution in [0.25, 0.3) is 10.9 Å². The predicted octanol–water partition coefficient (Wildman–Crippen LogP) is 2.94. The van der Waals surface area contributed by atoms with E-state index in [9.17, 15) is 20.1 Å². The molecular formula is C22H19Cl2N3O5. The van der Waals surface area contributed by atoms with Crippen molar-refractivity contribution in [2.45, 2.75) is 37.5 Å². The van der Waals surface area contributed by atoms with Gasteiger partial charge in [-0.25, -0.2) is 4.99 Å². The van der Waals surface area contributed by atoms with Gasteiger partial charge in [-0.2, -0.15) is 0 Å². The minimum atomic E-state index is -1.43. The van der Waals surface area contributed by atoms with Crippen LogP contribution in [0, 0.1) is 0 Å². The van der Waals surface area contributed by atoms with Gasteiger partial charge in [0.15, 0.2) is 12.0 Å². The van der Waals surface area contributed by atoms with Crippen LogP contribution in [0.5, 0.6) is 5.75 Å². The Hall–Kier alpha value is -2.46. The zero-order valence-corrected chi connectivity index (χ0v) is 18.2. The van der Waals surface area contributed by atoms with Crippen LogP contribution in [0.15, 0.2) is 41.4 Å². The highest BCUT2D eigenvalue weighted by Crippen LogP contribution is 2.42. The third-order valence-corrected chi connectivity index (χ3v) is 6.47. The fourth-order valence-electron chi connectivity index (χ4n) is 4.29. The van der Waals surface area contributed by atoms with Crippen LogP contribution in [0.2, 0.25) is 10.0 Å². The van der Waals surface area contributed by atoms with Gasteiger partial charge in [0.05, 0.1) is 28.9 Å². The van der Waals surface area contributed by atoms with Gasteiger partial charge in [-0.1, -0.05) is 23.2 Å². The van der Waals surface area contributed by atoms with Crippen molar-refractivity contribution in [1.82, 2.24) is 4.57 Å². The molecule has 0 radical (unpaired) electrons. The van der Waals surface area contributed by atoms with Crippen LogP contribution >= 0.6 is 23.2 Å². The monoisotopic (exact) mass is 475 g/mol. The van der Waals surface area contributed by atoms with E-state index in [4.69, 9.17) is 33.7 Å². The molecule has 8 nitrogen and oxygen atoms in total. The molecule has 1 aromatic heterocycles. The van der Waals surface area contributed by atoms with Gasteiger partial charge >= 0.3 is 0 Å². The molecule has 1 saturated heterocycles. The molecule has 1 fully saturated rings. The molecular weight excluding hydrogens is 457 g/mol. The second kappa shape index (κ2) is 7.55. The maximum Gasteiger partial charge on any atom is 0.215 e. The van der Waals surface area contributed by atoms with Crippen LogP contribution in [0.3, 0.4) is 0 Å². The Morgan fingerprint density at radius 2 is 1.78 bits per heavy atom. The highest BCUT2D eigenvalue weighted by molar-refractivity contribution is 6.55. The summed E-state index contributed by atoms with van der Waals surface area (Å²) in [6, 6.07) is 8.70. The maximum atomic E-state index is 13.2. The Morgan fingerprint density at radius 3 is 2.53 bits per heavy atom. The Bertz CT molecular complexity index is 1300. The number of fused-ring (bicyclic) bond motifs is 2. The van der Waals surface area contributed by atoms with Crippen molar-refractivity contribution in [3.63, 3.8) is 0 Å². The number of Topliss-reactive ketones (excluding diaryl/α,β-unsaturated/α-hetero) is 1. The van der Waals surface area contributed by atoms with Gasteiger partial charge in [-0.05, 0) is 43.3 Å². The topological polar surface area (TPSA) is 130 Å². The molecule has 166 valence electrons. The number of ketones is 1. The van der Waals surface area contributed by atoms with E-state index in [0.29, 0.717) is 32.2 Å². The fourth-order valence-corrected chi connectivity index (χ4v) is 4.63. The number of aliphatic hydroxyl groups excluding tert-OH is 2. The molecule has 0 saturated carbocycles. The SMILES string of the molecule is C[C@H]1O[C@H](n2c(C3=Nc4ccc(Cl)cc4C3=O)c(O)c3cc(Cl)ccc32)[C@H](O)[C@@H](O)[C@@H]1N. The number of nitrogens with zero attached hydrogens (tertiary/aromatic N) is 2. The molecule has 2 aromatic carbocycles. The van der Waals surface area contributed by atoms with Crippen molar-refractivity contribution in [1.29, 1.82) is 0 Å². The second-order valence-electron chi connectivity index (χ2n) is 7.97. The molecule has 3 heterocycles. The summed E-state index contributed by atoms with van der Waals surface area (Å²) >= 11 is 12.2. The van der Waals surface area contributed by atoms with Gasteiger partial charge in [0, 0.05) is 15.4 Å². The fraction of sp³-hybridized carbons (Fsp3) is 0.273. The first-order valence-corrected chi connectivity index (χ1v) is 10.7. The number of aromatic hydroxyl groups is 1. The highest BCUT2D eigenvalue weighted by Gasteiger charge is 2.44. The minimum Gasteiger partial charge on any atom is -0.505 e. The van der Waals surface area contributed by atoms with Crippen molar-refractivity contribution in [3.8, 4) is 5.75 Å². The van der Waals surface area contributed by atoms with Gasteiger partial charge in [0.2, 0.25) is 5.78 Å². The molecule has 5 N–H and O–H groups in total. The molecule has 3 aromatic rings. The largest absolute Gasteiger partial charge is 0.505 e. The molecule has 2 aliphatic heterocycles. The standard InChI is InChI=1S/C22H19Cl2N3O5/c1-8-15(25)20(30)21(31)22(32-8)27-14-5-3-10(24)7-12(14)19(29)17(27)16-18(28)11-6-9(23)2-4-13(11)26-16/h2-8,15,20-22,29-31H,25H2,1H3/t8-,15-,20+,21-,22+/m1/s1. The average Bonchev–Trinajstić information content (AvgIpc) is 3.23. The van der Waals surface area contributed by atoms with E-state index in [0.717, 1.165) is 0 Å². The summed E-state index contributed by atoms with van der Waals surface area (Å²) < 4.78 is 7.41. The molecule has 10 heteroatoms. The van der Waals surface area contributed by atoms with Crippen LogP contribution in [-0.2, 0) is 4.74 Å². The molecule has 0 amide bonds. The lowest BCUT2D eigenvalue weighted by Crippen LogP contribution is -2.58. The van der Waals surface area contributed by atoms with Crippen molar-refractivity contribution >= 4 is 51.3 Å². The van der Waals surface area contributed by atoms with Crippen LogP contribution in [-0.4, -0.2) is 55.7 Å². The molecule has 0 unspecified atom stereocenters. The molecule has 0 aliphatic carbocycles. The molecule has 5 atom stereocenters. The smallest absolute Gasteiger partial charge is 0.215 e. The van der Waals surface area contributed by atoms with E-state index in [1.165, 1.54) is 16.7 Å². The normalized spacial score (nSPS) is 27.6. The number of benzene rings is 2. The summed E-state index contributed by atoms with van der Waals surface area (Å²) in [5, 5.41) is 33.5. The van der Waals surface area contributed by atoms with Crippen molar-refractivity contribution in [2.24, 2.45) is 10.7 Å². The maximum absolute atomic E-state index is 13.2. The van der Waals surface area contributed by atoms with Crippen LogP contribution in [0.1, 0.15) is 29.2 Å². The van der Waals surface area contributed by atoms with E-state index in [-0.39, 0.29) is 17.2 Å². The van der Waals surface area contributed by atoms with Gasteiger partial charge in [0.1, 0.15) is 23.6 Å². The number of aromatic nitrogens is 1.